The van der Waals surface area contributed by atoms with Gasteiger partial charge < -0.3 is 19.5 Å². The lowest BCUT2D eigenvalue weighted by Crippen LogP contribution is -2.16. The van der Waals surface area contributed by atoms with Gasteiger partial charge in [0.25, 0.3) is 5.69 Å². The third-order valence-corrected chi connectivity index (χ3v) is 4.22. The van der Waals surface area contributed by atoms with Crippen LogP contribution in [0.25, 0.3) is 0 Å². The van der Waals surface area contributed by atoms with E-state index in [-0.39, 0.29) is 28.5 Å². The van der Waals surface area contributed by atoms with Crippen molar-refractivity contribution >= 4 is 29.0 Å². The van der Waals surface area contributed by atoms with Crippen molar-refractivity contribution in [2.45, 2.75) is 19.8 Å². The number of ether oxygens (including phenoxy) is 3. The number of anilines is 1. The van der Waals surface area contributed by atoms with Gasteiger partial charge in [-0.3, -0.25) is 19.7 Å². The predicted molar refractivity (Wildman–Crippen MR) is 111 cm³/mol. The average Bonchev–Trinajstić information content (AvgIpc) is 2.76. The Morgan fingerprint density at radius 3 is 2.19 bits per heavy atom. The van der Waals surface area contributed by atoms with E-state index in [4.69, 9.17) is 14.2 Å². The maximum atomic E-state index is 12.4. The largest absolute Gasteiger partial charge is 0.493 e. The number of amides is 1. The van der Waals surface area contributed by atoms with Crippen molar-refractivity contribution in [3.8, 4) is 11.5 Å². The molecule has 0 unspecified atom stereocenters. The number of benzene rings is 2. The van der Waals surface area contributed by atoms with E-state index in [1.807, 2.05) is 6.92 Å². The van der Waals surface area contributed by atoms with E-state index >= 15 is 0 Å². The number of ketones is 1. The fourth-order valence-corrected chi connectivity index (χ4v) is 2.66. The molecule has 0 saturated heterocycles. The zero-order chi connectivity index (χ0) is 23.0. The molecule has 2 rings (SSSR count). The van der Waals surface area contributed by atoms with Crippen LogP contribution in [0.4, 0.5) is 11.4 Å². The number of carbonyl (C=O) groups is 3. The number of hydrogen-bond donors (Lipinski definition) is 1. The van der Waals surface area contributed by atoms with E-state index in [2.05, 4.69) is 5.32 Å². The molecule has 0 aromatic heterocycles. The van der Waals surface area contributed by atoms with Crippen molar-refractivity contribution < 1.29 is 33.5 Å². The van der Waals surface area contributed by atoms with Gasteiger partial charge in [0.1, 0.15) is 5.56 Å². The molecule has 0 heterocycles. The highest BCUT2D eigenvalue weighted by atomic mass is 16.6. The van der Waals surface area contributed by atoms with Crippen LogP contribution in [0.3, 0.4) is 0 Å². The van der Waals surface area contributed by atoms with Crippen molar-refractivity contribution in [1.29, 1.82) is 0 Å². The van der Waals surface area contributed by atoms with E-state index in [1.54, 1.807) is 12.1 Å². The minimum atomic E-state index is -1.05. The van der Waals surface area contributed by atoms with Crippen LogP contribution in [-0.2, 0) is 9.53 Å². The first kappa shape index (κ1) is 23.3. The molecule has 0 bridgehead atoms. The van der Waals surface area contributed by atoms with E-state index in [0.29, 0.717) is 18.5 Å². The van der Waals surface area contributed by atoms with Crippen molar-refractivity contribution in [3.63, 3.8) is 0 Å². The molecular formula is C21H22N2O8. The van der Waals surface area contributed by atoms with Crippen molar-refractivity contribution in [1.82, 2.24) is 0 Å². The number of nitrogens with zero attached hydrogens (tertiary/aromatic N) is 1. The van der Waals surface area contributed by atoms with Gasteiger partial charge in [0, 0.05) is 23.7 Å². The van der Waals surface area contributed by atoms with Gasteiger partial charge in [-0.2, -0.15) is 0 Å². The zero-order valence-electron chi connectivity index (χ0n) is 17.3. The van der Waals surface area contributed by atoms with Crippen LogP contribution in [0.1, 0.15) is 40.5 Å². The highest BCUT2D eigenvalue weighted by molar-refractivity contribution is 6.01. The summed E-state index contributed by atoms with van der Waals surface area (Å²) in [7, 11) is 2.62. The Kier molecular flexibility index (Phi) is 8.07. The molecule has 31 heavy (non-hydrogen) atoms. The van der Waals surface area contributed by atoms with Gasteiger partial charge in [0.15, 0.2) is 23.9 Å². The number of hydrogen-bond acceptors (Lipinski definition) is 8. The Bertz CT molecular complexity index is 986. The van der Waals surface area contributed by atoms with Crippen molar-refractivity contribution in [3.05, 3.63) is 57.6 Å². The molecule has 0 fully saturated rings. The second-order valence-corrected chi connectivity index (χ2v) is 6.36. The van der Waals surface area contributed by atoms with Crippen molar-refractivity contribution in [2.75, 3.05) is 26.1 Å². The number of esters is 1. The highest BCUT2D eigenvalue weighted by Gasteiger charge is 2.26. The van der Waals surface area contributed by atoms with Crippen molar-refractivity contribution in [2.24, 2.45) is 0 Å². The molecule has 0 aliphatic heterocycles. The molecule has 10 heteroatoms. The van der Waals surface area contributed by atoms with E-state index in [1.165, 1.54) is 26.4 Å². The van der Waals surface area contributed by atoms with Crippen LogP contribution in [0.15, 0.2) is 36.4 Å². The molecule has 164 valence electrons. The molecule has 0 saturated carbocycles. The first-order chi connectivity index (χ1) is 14.8. The van der Waals surface area contributed by atoms with Crippen LogP contribution < -0.4 is 14.8 Å². The third-order valence-electron chi connectivity index (χ3n) is 4.22. The Morgan fingerprint density at radius 2 is 1.65 bits per heavy atom. The number of methoxy groups -OCH3 is 2. The number of nitro benzene ring substituents is 1. The van der Waals surface area contributed by atoms with Gasteiger partial charge in [-0.05, 0) is 30.7 Å². The quantitative estimate of drug-likeness (QED) is 0.262. The summed E-state index contributed by atoms with van der Waals surface area (Å²) in [6, 6.07) is 8.25. The lowest BCUT2D eigenvalue weighted by atomic mass is 10.1. The normalized spacial score (nSPS) is 10.2. The monoisotopic (exact) mass is 430 g/mol. The second-order valence-electron chi connectivity index (χ2n) is 6.36. The topological polar surface area (TPSA) is 134 Å². The van der Waals surface area contributed by atoms with Crippen LogP contribution in [-0.4, -0.2) is 43.4 Å². The summed E-state index contributed by atoms with van der Waals surface area (Å²) in [5.41, 5.74) is -0.122. The number of Topliss-reactive ketones (excluding diaryl/α,β-unsaturated/α-hetero) is 1. The van der Waals surface area contributed by atoms with E-state index in [0.717, 1.165) is 12.1 Å². The summed E-state index contributed by atoms with van der Waals surface area (Å²) >= 11 is 0. The predicted octanol–water partition coefficient (Wildman–Crippen LogP) is 3.39. The van der Waals surface area contributed by atoms with Crippen LogP contribution >= 0.6 is 0 Å². The molecule has 0 spiro atoms. The second kappa shape index (κ2) is 10.7. The van der Waals surface area contributed by atoms with Gasteiger partial charge in [-0.15, -0.1) is 0 Å². The standard InChI is InChI=1S/C21H22N2O8/c1-4-5-20(25)22-14-8-6-13(7-9-14)17(24)12-31-21(26)15-10-18(29-2)19(30-3)11-16(15)23(27)28/h6-11H,4-5,12H2,1-3H3,(H,22,25). The van der Waals surface area contributed by atoms with E-state index in [9.17, 15) is 24.5 Å². The number of rotatable bonds is 10. The Morgan fingerprint density at radius 1 is 1.03 bits per heavy atom. The Balaban J connectivity index is 2.09. The molecule has 10 nitrogen and oxygen atoms in total. The summed E-state index contributed by atoms with van der Waals surface area (Å²) in [5, 5.41) is 14.0. The first-order valence-corrected chi connectivity index (χ1v) is 9.31. The van der Waals surface area contributed by atoms with Crippen LogP contribution in [0.2, 0.25) is 0 Å². The van der Waals surface area contributed by atoms with Gasteiger partial charge in [-0.1, -0.05) is 6.92 Å². The zero-order valence-corrected chi connectivity index (χ0v) is 17.3. The number of nitrogens with one attached hydrogen (secondary N) is 1. The summed E-state index contributed by atoms with van der Waals surface area (Å²) < 4.78 is 15.0. The maximum absolute atomic E-state index is 12.4. The molecular weight excluding hydrogens is 408 g/mol. The minimum absolute atomic E-state index is 0.0768. The summed E-state index contributed by atoms with van der Waals surface area (Å²) in [5.74, 6) is -1.51. The van der Waals surface area contributed by atoms with Gasteiger partial charge >= 0.3 is 5.97 Å². The number of carbonyl (C=O) groups excluding carboxylic acids is 3. The minimum Gasteiger partial charge on any atom is -0.493 e. The maximum Gasteiger partial charge on any atom is 0.345 e. The average molecular weight is 430 g/mol. The molecule has 0 atom stereocenters. The molecule has 1 amide bonds. The lowest BCUT2D eigenvalue weighted by molar-refractivity contribution is -0.385. The summed E-state index contributed by atoms with van der Waals surface area (Å²) in [6.45, 7) is 1.27. The molecule has 2 aromatic rings. The van der Waals surface area contributed by atoms with Gasteiger partial charge in [-0.25, -0.2) is 4.79 Å². The van der Waals surface area contributed by atoms with Crippen LogP contribution in [0, 0.1) is 10.1 Å². The SMILES string of the molecule is CCCC(=O)Nc1ccc(C(=O)COC(=O)c2cc(OC)c(OC)cc2[N+](=O)[O-])cc1. The van der Waals surface area contributed by atoms with Crippen LogP contribution in [0.5, 0.6) is 11.5 Å². The lowest BCUT2D eigenvalue weighted by Gasteiger charge is -2.10. The smallest absolute Gasteiger partial charge is 0.345 e. The fraction of sp³-hybridized carbons (Fsp3) is 0.286. The van der Waals surface area contributed by atoms with E-state index < -0.39 is 29.0 Å². The van der Waals surface area contributed by atoms with Gasteiger partial charge in [0.2, 0.25) is 5.91 Å². The fourth-order valence-electron chi connectivity index (χ4n) is 2.66. The molecule has 0 radical (unpaired) electrons. The first-order valence-electron chi connectivity index (χ1n) is 9.31. The highest BCUT2D eigenvalue weighted by Crippen LogP contribution is 2.34. The Hall–Kier alpha value is -3.95. The summed E-state index contributed by atoms with van der Waals surface area (Å²) in [6.07, 6.45) is 1.10. The van der Waals surface area contributed by atoms with Gasteiger partial charge in [0.05, 0.1) is 25.2 Å². The summed E-state index contributed by atoms with van der Waals surface area (Å²) in [4.78, 5) is 46.9. The molecule has 0 aliphatic carbocycles. The number of nitro groups is 1. The molecule has 0 aliphatic rings. The third kappa shape index (κ3) is 6.01. The Labute approximate surface area is 178 Å². The molecule has 2 aromatic carbocycles. The molecule has 1 N–H and O–H groups in total.